The van der Waals surface area contributed by atoms with Crippen molar-refractivity contribution in [3.05, 3.63) is 22.5 Å². The summed E-state index contributed by atoms with van der Waals surface area (Å²) in [7, 11) is 0. The van der Waals surface area contributed by atoms with E-state index >= 15 is 4.39 Å². The Morgan fingerprint density at radius 3 is 2.18 bits per heavy atom. The van der Waals surface area contributed by atoms with Gasteiger partial charge in [0, 0.05) is 24.5 Å². The molecule has 1 aromatic rings. The summed E-state index contributed by atoms with van der Waals surface area (Å²) in [4.78, 5) is 39.2. The van der Waals surface area contributed by atoms with Crippen LogP contribution in [-0.4, -0.2) is 54.5 Å². The maximum atomic E-state index is 15.6. The summed E-state index contributed by atoms with van der Waals surface area (Å²) >= 11 is 6.77. The lowest BCUT2D eigenvalue weighted by molar-refractivity contribution is 0.0478. The third-order valence-corrected chi connectivity index (χ3v) is 6.96. The molecule has 1 atom stereocenters. The molecule has 1 aromatic carbocycles. The first kappa shape index (κ1) is 28.1. The number of amides is 3. The SMILES string of the molecule is CC(C)(C)OC(=O)NNC(=O)c1cc(F)c(N2C[C@@H](NC(=O)OC(C)(C)C)C3(CC3)C2)c(Cl)c1NC1CC1. The van der Waals surface area contributed by atoms with Crippen molar-refractivity contribution in [1.82, 2.24) is 16.2 Å². The van der Waals surface area contributed by atoms with Crippen molar-refractivity contribution >= 4 is 41.1 Å². The minimum absolute atomic E-state index is 0.0389. The largest absolute Gasteiger partial charge is 0.444 e. The number of rotatable bonds is 5. The number of ether oxygens (including phenoxy) is 2. The van der Waals surface area contributed by atoms with Gasteiger partial charge in [0.1, 0.15) is 17.0 Å². The van der Waals surface area contributed by atoms with E-state index in [-0.39, 0.29) is 33.8 Å². The maximum Gasteiger partial charge on any atom is 0.426 e. The van der Waals surface area contributed by atoms with Gasteiger partial charge in [-0.2, -0.15) is 0 Å². The van der Waals surface area contributed by atoms with Crippen LogP contribution in [0.15, 0.2) is 6.07 Å². The van der Waals surface area contributed by atoms with Crippen molar-refractivity contribution in [3.8, 4) is 0 Å². The average Bonchev–Trinajstić information content (AvgIpc) is 3.67. The van der Waals surface area contributed by atoms with Crippen molar-refractivity contribution in [3.63, 3.8) is 0 Å². The molecule has 1 heterocycles. The van der Waals surface area contributed by atoms with Crippen LogP contribution in [0.2, 0.25) is 5.02 Å². The molecule has 1 spiro atoms. The van der Waals surface area contributed by atoms with E-state index in [0.717, 1.165) is 31.7 Å². The quantitative estimate of drug-likeness (QED) is 0.389. The number of benzene rings is 1. The summed E-state index contributed by atoms with van der Waals surface area (Å²) in [5, 5.41) is 6.27. The summed E-state index contributed by atoms with van der Waals surface area (Å²) in [6.45, 7) is 11.3. The van der Waals surface area contributed by atoms with E-state index in [4.69, 9.17) is 21.1 Å². The zero-order valence-electron chi connectivity index (χ0n) is 22.7. The predicted octanol–water partition coefficient (Wildman–Crippen LogP) is 4.72. The Balaban J connectivity index is 1.55. The van der Waals surface area contributed by atoms with Gasteiger partial charge in [-0.15, -0.1) is 0 Å². The fraction of sp³-hybridized carbons (Fsp3) is 0.654. The molecule has 1 aliphatic heterocycles. The number of hydrazine groups is 1. The fourth-order valence-corrected chi connectivity index (χ4v) is 4.95. The van der Waals surface area contributed by atoms with Gasteiger partial charge in [0.2, 0.25) is 0 Å². The summed E-state index contributed by atoms with van der Waals surface area (Å²) in [5.74, 6) is -1.41. The van der Waals surface area contributed by atoms with Crippen LogP contribution >= 0.6 is 11.6 Å². The summed E-state index contributed by atoms with van der Waals surface area (Å²) < 4.78 is 26.2. The first-order valence-electron chi connectivity index (χ1n) is 12.9. The van der Waals surface area contributed by atoms with Crippen LogP contribution in [-0.2, 0) is 9.47 Å². The number of hydrogen-bond donors (Lipinski definition) is 4. The van der Waals surface area contributed by atoms with Gasteiger partial charge in [-0.25, -0.2) is 19.4 Å². The fourth-order valence-electron chi connectivity index (χ4n) is 4.58. The Morgan fingerprint density at radius 1 is 1.03 bits per heavy atom. The lowest BCUT2D eigenvalue weighted by Gasteiger charge is -2.25. The molecular weight excluding hydrogens is 517 g/mol. The minimum Gasteiger partial charge on any atom is -0.444 e. The molecule has 10 nitrogen and oxygen atoms in total. The molecule has 0 aromatic heterocycles. The molecule has 0 radical (unpaired) electrons. The van der Waals surface area contributed by atoms with Crippen LogP contribution in [0.5, 0.6) is 0 Å². The zero-order chi connectivity index (χ0) is 28.0. The van der Waals surface area contributed by atoms with Crippen molar-refractivity contribution in [2.45, 2.75) is 90.5 Å². The Bertz CT molecular complexity index is 1120. The van der Waals surface area contributed by atoms with Crippen LogP contribution in [0.25, 0.3) is 0 Å². The highest BCUT2D eigenvalue weighted by Crippen LogP contribution is 2.55. The molecule has 0 unspecified atom stereocenters. The molecule has 12 heteroatoms. The topological polar surface area (TPSA) is 121 Å². The molecule has 210 valence electrons. The molecule has 2 aliphatic carbocycles. The number of carbonyl (C=O) groups excluding carboxylic acids is 3. The maximum absolute atomic E-state index is 15.6. The van der Waals surface area contributed by atoms with Crippen LogP contribution in [0.1, 0.15) is 77.6 Å². The van der Waals surface area contributed by atoms with Crippen LogP contribution in [0.3, 0.4) is 0 Å². The molecule has 4 rings (SSSR count). The van der Waals surface area contributed by atoms with Gasteiger partial charge in [-0.3, -0.25) is 10.2 Å². The highest BCUT2D eigenvalue weighted by atomic mass is 35.5. The highest BCUT2D eigenvalue weighted by molar-refractivity contribution is 6.37. The number of hydrogen-bond acceptors (Lipinski definition) is 7. The van der Waals surface area contributed by atoms with Crippen molar-refractivity contribution in [1.29, 1.82) is 0 Å². The van der Waals surface area contributed by atoms with Crippen LogP contribution in [0.4, 0.5) is 25.4 Å². The van der Waals surface area contributed by atoms with Crippen molar-refractivity contribution in [2.24, 2.45) is 5.41 Å². The second-order valence-corrected chi connectivity index (χ2v) is 12.8. The normalized spacial score (nSPS) is 20.1. The Hall–Kier alpha value is -2.95. The molecule has 38 heavy (non-hydrogen) atoms. The second-order valence-electron chi connectivity index (χ2n) is 12.4. The van der Waals surface area contributed by atoms with E-state index < -0.39 is 35.1 Å². The first-order valence-corrected chi connectivity index (χ1v) is 13.3. The Labute approximate surface area is 227 Å². The van der Waals surface area contributed by atoms with E-state index in [0.29, 0.717) is 18.8 Å². The molecule has 2 saturated carbocycles. The summed E-state index contributed by atoms with van der Waals surface area (Å²) in [5.41, 5.74) is 3.31. The number of anilines is 2. The number of nitrogens with zero attached hydrogens (tertiary/aromatic N) is 1. The van der Waals surface area contributed by atoms with E-state index in [9.17, 15) is 14.4 Å². The van der Waals surface area contributed by atoms with E-state index in [1.165, 1.54) is 0 Å². The summed E-state index contributed by atoms with van der Waals surface area (Å²) in [6.07, 6.45) is 2.23. The molecule has 3 fully saturated rings. The molecular formula is C26H37ClFN5O5. The number of nitrogens with one attached hydrogen (secondary N) is 4. The van der Waals surface area contributed by atoms with Gasteiger partial charge >= 0.3 is 12.2 Å². The third-order valence-electron chi connectivity index (χ3n) is 6.59. The molecule has 3 amide bonds. The van der Waals surface area contributed by atoms with E-state index in [1.807, 2.05) is 4.90 Å². The number of alkyl carbamates (subject to hydrolysis) is 1. The zero-order valence-corrected chi connectivity index (χ0v) is 23.5. The second kappa shape index (κ2) is 9.98. The van der Waals surface area contributed by atoms with Gasteiger partial charge in [0.15, 0.2) is 0 Å². The average molecular weight is 554 g/mol. The molecule has 3 aliphatic rings. The predicted molar refractivity (Wildman–Crippen MR) is 142 cm³/mol. The van der Waals surface area contributed by atoms with Gasteiger partial charge in [-0.05, 0) is 73.3 Å². The van der Waals surface area contributed by atoms with Crippen LogP contribution < -0.4 is 26.4 Å². The smallest absolute Gasteiger partial charge is 0.426 e. The van der Waals surface area contributed by atoms with Gasteiger partial charge in [0.25, 0.3) is 5.91 Å². The number of halogens is 2. The standard InChI is InChI=1S/C26H37ClFN5O5/c1-24(2,3)37-22(35)30-17-12-33(13-26(17)9-10-26)20-16(28)11-15(19(18(20)27)29-14-7-8-14)21(34)31-32-23(36)38-25(4,5)6/h11,14,17,29H,7-10,12-13H2,1-6H3,(H,30,35)(H,31,34)(H,32,36)/t17-/m1/s1. The van der Waals surface area contributed by atoms with Crippen molar-refractivity contribution < 1.29 is 28.2 Å². The minimum atomic E-state index is -0.846. The van der Waals surface area contributed by atoms with Gasteiger partial charge in [0.05, 0.1) is 28.0 Å². The molecule has 1 saturated heterocycles. The first-order chi connectivity index (χ1) is 17.6. The van der Waals surface area contributed by atoms with Crippen LogP contribution in [0, 0.1) is 11.2 Å². The lowest BCUT2D eigenvalue weighted by Crippen LogP contribution is -2.44. The number of carbonyl (C=O) groups is 3. The van der Waals surface area contributed by atoms with Crippen molar-refractivity contribution in [2.75, 3.05) is 23.3 Å². The molecule has 4 N–H and O–H groups in total. The highest BCUT2D eigenvalue weighted by Gasteiger charge is 2.56. The Morgan fingerprint density at radius 2 is 1.63 bits per heavy atom. The van der Waals surface area contributed by atoms with Gasteiger partial charge < -0.3 is 25.0 Å². The molecule has 0 bridgehead atoms. The third kappa shape index (κ3) is 6.73. The summed E-state index contributed by atoms with van der Waals surface area (Å²) in [6, 6.07) is 1.01. The van der Waals surface area contributed by atoms with E-state index in [2.05, 4.69) is 21.5 Å². The van der Waals surface area contributed by atoms with Gasteiger partial charge in [-0.1, -0.05) is 11.6 Å². The Kier molecular flexibility index (Phi) is 7.37. The lowest BCUT2D eigenvalue weighted by atomic mass is 10.0. The monoisotopic (exact) mass is 553 g/mol. The van der Waals surface area contributed by atoms with E-state index in [1.54, 1.807) is 41.5 Å².